The number of amides is 1. The van der Waals surface area contributed by atoms with Crippen molar-refractivity contribution in [3.05, 3.63) is 0 Å². The third-order valence-corrected chi connectivity index (χ3v) is 5.13. The van der Waals surface area contributed by atoms with Gasteiger partial charge in [-0.1, -0.05) is 6.42 Å². The largest absolute Gasteiger partial charge is 0.356 e. The highest BCUT2D eigenvalue weighted by molar-refractivity contribution is 5.76. The van der Waals surface area contributed by atoms with Crippen molar-refractivity contribution < 1.29 is 4.79 Å². The molecule has 2 saturated carbocycles. The number of likely N-dealkylation sites (tertiary alicyclic amines) is 1. The molecule has 108 valence electrons. The van der Waals surface area contributed by atoms with Crippen LogP contribution in [0.5, 0.6) is 0 Å². The van der Waals surface area contributed by atoms with Crippen LogP contribution in [-0.4, -0.2) is 42.5 Å². The molecule has 3 rings (SSSR count). The van der Waals surface area contributed by atoms with E-state index in [1.807, 2.05) is 0 Å². The second-order valence-corrected chi connectivity index (χ2v) is 6.74. The van der Waals surface area contributed by atoms with Crippen LogP contribution < -0.4 is 11.1 Å². The fourth-order valence-electron chi connectivity index (χ4n) is 3.69. The van der Waals surface area contributed by atoms with Gasteiger partial charge in [-0.2, -0.15) is 0 Å². The van der Waals surface area contributed by atoms with Gasteiger partial charge in [-0.25, -0.2) is 0 Å². The molecule has 4 nitrogen and oxygen atoms in total. The first-order valence-corrected chi connectivity index (χ1v) is 7.98. The van der Waals surface area contributed by atoms with E-state index in [1.54, 1.807) is 0 Å². The van der Waals surface area contributed by atoms with Crippen LogP contribution in [0.4, 0.5) is 0 Å². The average Bonchev–Trinajstić information content (AvgIpc) is 3.01. The molecule has 1 aliphatic heterocycles. The van der Waals surface area contributed by atoms with Gasteiger partial charge in [0.2, 0.25) is 5.91 Å². The molecule has 3 atom stereocenters. The summed E-state index contributed by atoms with van der Waals surface area (Å²) in [4.78, 5) is 14.5. The molecular weight excluding hydrogens is 238 g/mol. The van der Waals surface area contributed by atoms with Crippen molar-refractivity contribution in [3.63, 3.8) is 0 Å². The van der Waals surface area contributed by atoms with Gasteiger partial charge < -0.3 is 16.0 Å². The predicted octanol–water partition coefficient (Wildman–Crippen LogP) is 1.10. The zero-order chi connectivity index (χ0) is 13.2. The van der Waals surface area contributed by atoms with Crippen LogP contribution in [-0.2, 0) is 4.79 Å². The second kappa shape index (κ2) is 5.80. The molecule has 3 N–H and O–H groups in total. The summed E-state index contributed by atoms with van der Waals surface area (Å²) in [5.74, 6) is 1.31. The van der Waals surface area contributed by atoms with Crippen molar-refractivity contribution in [2.45, 2.75) is 57.0 Å². The number of carbonyl (C=O) groups is 1. The van der Waals surface area contributed by atoms with E-state index >= 15 is 0 Å². The van der Waals surface area contributed by atoms with Crippen LogP contribution in [0.1, 0.15) is 44.9 Å². The highest BCUT2D eigenvalue weighted by atomic mass is 16.1. The van der Waals surface area contributed by atoms with Crippen LogP contribution in [0.3, 0.4) is 0 Å². The lowest BCUT2D eigenvalue weighted by molar-refractivity contribution is -0.122. The number of rotatable bonds is 5. The Morgan fingerprint density at radius 2 is 2.05 bits per heavy atom. The van der Waals surface area contributed by atoms with E-state index < -0.39 is 0 Å². The SMILES string of the molecule is N[C@@H]1CCC[C@H]1CC(=O)NCC1CCN(C2CC2)C1. The molecule has 0 aromatic rings. The van der Waals surface area contributed by atoms with E-state index in [2.05, 4.69) is 10.2 Å². The third kappa shape index (κ3) is 3.48. The second-order valence-electron chi connectivity index (χ2n) is 6.74. The lowest BCUT2D eigenvalue weighted by atomic mass is 9.99. The van der Waals surface area contributed by atoms with Crippen LogP contribution in [0.15, 0.2) is 0 Å². The normalized spacial score (nSPS) is 35.7. The van der Waals surface area contributed by atoms with E-state index in [9.17, 15) is 4.79 Å². The number of hydrogen-bond donors (Lipinski definition) is 2. The highest BCUT2D eigenvalue weighted by Gasteiger charge is 2.34. The lowest BCUT2D eigenvalue weighted by Crippen LogP contribution is -2.34. The van der Waals surface area contributed by atoms with Gasteiger partial charge in [0, 0.05) is 31.6 Å². The Balaban J connectivity index is 1.34. The molecule has 1 unspecified atom stereocenters. The fraction of sp³-hybridized carbons (Fsp3) is 0.933. The molecule has 1 heterocycles. The topological polar surface area (TPSA) is 58.4 Å². The first-order chi connectivity index (χ1) is 9.22. The quantitative estimate of drug-likeness (QED) is 0.783. The summed E-state index contributed by atoms with van der Waals surface area (Å²) in [7, 11) is 0. The molecule has 0 spiro atoms. The molecule has 4 heteroatoms. The number of nitrogens with two attached hydrogens (primary N) is 1. The first kappa shape index (κ1) is 13.4. The predicted molar refractivity (Wildman–Crippen MR) is 75.6 cm³/mol. The minimum atomic E-state index is 0.215. The Morgan fingerprint density at radius 3 is 2.74 bits per heavy atom. The third-order valence-electron chi connectivity index (χ3n) is 5.13. The van der Waals surface area contributed by atoms with Gasteiger partial charge >= 0.3 is 0 Å². The minimum absolute atomic E-state index is 0.215. The van der Waals surface area contributed by atoms with Gasteiger partial charge in [0.15, 0.2) is 0 Å². The van der Waals surface area contributed by atoms with Crippen molar-refractivity contribution in [1.29, 1.82) is 0 Å². The standard InChI is InChI=1S/C15H27N3O/c16-14-3-1-2-12(14)8-15(19)17-9-11-6-7-18(10-11)13-4-5-13/h11-14H,1-10,16H2,(H,17,19)/t11?,12-,14+/m0/s1. The molecule has 2 aliphatic carbocycles. The maximum atomic E-state index is 11.9. The molecule has 3 aliphatic rings. The number of nitrogens with zero attached hydrogens (tertiary/aromatic N) is 1. The zero-order valence-electron chi connectivity index (χ0n) is 11.8. The summed E-state index contributed by atoms with van der Waals surface area (Å²) < 4.78 is 0. The van der Waals surface area contributed by atoms with Crippen molar-refractivity contribution in [3.8, 4) is 0 Å². The lowest BCUT2D eigenvalue weighted by Gasteiger charge is -2.17. The van der Waals surface area contributed by atoms with Crippen LogP contribution in [0.25, 0.3) is 0 Å². The number of nitrogens with one attached hydrogen (secondary N) is 1. The molecule has 1 saturated heterocycles. The van der Waals surface area contributed by atoms with Gasteiger partial charge in [-0.3, -0.25) is 4.79 Å². The molecule has 3 fully saturated rings. The molecule has 0 aromatic carbocycles. The number of hydrogen-bond acceptors (Lipinski definition) is 3. The Bertz CT molecular complexity index is 329. The Hall–Kier alpha value is -0.610. The van der Waals surface area contributed by atoms with Crippen molar-refractivity contribution in [2.24, 2.45) is 17.6 Å². The molecule has 0 aromatic heterocycles. The molecule has 0 radical (unpaired) electrons. The van der Waals surface area contributed by atoms with E-state index in [1.165, 1.54) is 38.8 Å². The van der Waals surface area contributed by atoms with E-state index in [-0.39, 0.29) is 11.9 Å². The summed E-state index contributed by atoms with van der Waals surface area (Å²) in [6, 6.07) is 1.12. The molecular formula is C15H27N3O. The van der Waals surface area contributed by atoms with Crippen molar-refractivity contribution >= 4 is 5.91 Å². The van der Waals surface area contributed by atoms with Crippen LogP contribution in [0.2, 0.25) is 0 Å². The van der Waals surface area contributed by atoms with Gasteiger partial charge in [-0.15, -0.1) is 0 Å². The molecule has 0 bridgehead atoms. The summed E-state index contributed by atoms with van der Waals surface area (Å²) in [6.07, 6.45) is 8.08. The van der Waals surface area contributed by atoms with Gasteiger partial charge in [0.05, 0.1) is 0 Å². The van der Waals surface area contributed by atoms with E-state index in [4.69, 9.17) is 5.73 Å². The van der Waals surface area contributed by atoms with Crippen molar-refractivity contribution in [1.82, 2.24) is 10.2 Å². The zero-order valence-corrected chi connectivity index (χ0v) is 11.8. The van der Waals surface area contributed by atoms with E-state index in [0.717, 1.165) is 25.4 Å². The Morgan fingerprint density at radius 1 is 1.21 bits per heavy atom. The highest BCUT2D eigenvalue weighted by Crippen LogP contribution is 2.31. The maximum Gasteiger partial charge on any atom is 0.220 e. The maximum absolute atomic E-state index is 11.9. The summed E-state index contributed by atoms with van der Waals surface area (Å²) in [5.41, 5.74) is 6.02. The van der Waals surface area contributed by atoms with Gasteiger partial charge in [0.25, 0.3) is 0 Å². The minimum Gasteiger partial charge on any atom is -0.356 e. The Kier molecular flexibility index (Phi) is 4.08. The summed E-state index contributed by atoms with van der Waals surface area (Å²) in [5, 5.41) is 3.13. The Labute approximate surface area is 116 Å². The fourth-order valence-corrected chi connectivity index (χ4v) is 3.69. The first-order valence-electron chi connectivity index (χ1n) is 7.98. The summed E-state index contributed by atoms with van der Waals surface area (Å²) in [6.45, 7) is 3.29. The average molecular weight is 265 g/mol. The summed E-state index contributed by atoms with van der Waals surface area (Å²) >= 11 is 0. The smallest absolute Gasteiger partial charge is 0.220 e. The van der Waals surface area contributed by atoms with Gasteiger partial charge in [-0.05, 0) is 50.5 Å². The molecule has 1 amide bonds. The van der Waals surface area contributed by atoms with E-state index in [0.29, 0.717) is 18.3 Å². The van der Waals surface area contributed by atoms with Crippen molar-refractivity contribution in [2.75, 3.05) is 19.6 Å². The number of carbonyl (C=O) groups excluding carboxylic acids is 1. The van der Waals surface area contributed by atoms with Crippen LogP contribution in [0, 0.1) is 11.8 Å². The van der Waals surface area contributed by atoms with Gasteiger partial charge in [0.1, 0.15) is 0 Å². The van der Waals surface area contributed by atoms with Crippen LogP contribution >= 0.6 is 0 Å². The molecule has 19 heavy (non-hydrogen) atoms. The monoisotopic (exact) mass is 265 g/mol.